The fourth-order valence-corrected chi connectivity index (χ4v) is 3.45. The van der Waals surface area contributed by atoms with E-state index in [-0.39, 0.29) is 17.4 Å². The van der Waals surface area contributed by atoms with Crippen LogP contribution in [0.15, 0.2) is 48.5 Å². The Labute approximate surface area is 170 Å². The number of aromatic carboxylic acids is 1. The van der Waals surface area contributed by atoms with Gasteiger partial charge in [0.1, 0.15) is 0 Å². The zero-order valence-corrected chi connectivity index (χ0v) is 16.4. The molecule has 6 nitrogen and oxygen atoms in total. The maximum atomic E-state index is 12.6. The monoisotopic (exact) mass is 394 g/mol. The molecule has 0 spiro atoms. The number of carbonyl (C=O) groups excluding carboxylic acids is 2. The first-order valence-corrected chi connectivity index (χ1v) is 10.0. The molecule has 0 aromatic heterocycles. The van der Waals surface area contributed by atoms with Crippen LogP contribution in [0, 0.1) is 0 Å². The molecular weight excluding hydrogens is 368 g/mol. The van der Waals surface area contributed by atoms with Crippen LogP contribution in [-0.2, 0) is 11.2 Å². The number of hydrogen-bond acceptors (Lipinski definition) is 3. The third kappa shape index (κ3) is 5.91. The number of carboxylic acid groups (broad SMARTS) is 1. The highest BCUT2D eigenvalue weighted by molar-refractivity contribution is 5.96. The van der Waals surface area contributed by atoms with E-state index in [2.05, 4.69) is 5.32 Å². The minimum absolute atomic E-state index is 0.0505. The third-order valence-corrected chi connectivity index (χ3v) is 5.15. The number of amides is 2. The molecule has 6 heteroatoms. The summed E-state index contributed by atoms with van der Waals surface area (Å²) in [7, 11) is 0. The summed E-state index contributed by atoms with van der Waals surface area (Å²) < 4.78 is 0. The molecule has 1 aliphatic heterocycles. The van der Waals surface area contributed by atoms with E-state index in [0.717, 1.165) is 31.5 Å². The highest BCUT2D eigenvalue weighted by Crippen LogP contribution is 2.16. The molecule has 0 saturated carbocycles. The number of hydrogen-bond donors (Lipinski definition) is 2. The molecule has 152 valence electrons. The highest BCUT2D eigenvalue weighted by Gasteiger charge is 2.17. The van der Waals surface area contributed by atoms with E-state index >= 15 is 0 Å². The number of carboxylic acids is 1. The summed E-state index contributed by atoms with van der Waals surface area (Å²) in [6.45, 7) is 1.62. The number of rotatable bonds is 6. The number of carbonyl (C=O) groups is 3. The van der Waals surface area contributed by atoms with E-state index in [1.807, 2.05) is 4.90 Å². The lowest BCUT2D eigenvalue weighted by atomic mass is 10.1. The van der Waals surface area contributed by atoms with E-state index in [9.17, 15) is 14.4 Å². The van der Waals surface area contributed by atoms with Gasteiger partial charge in [0, 0.05) is 30.8 Å². The standard InChI is InChI=1S/C23H26N2O4/c26-21(14-7-17-5-8-19(9-6-17)23(28)29)24-20-12-10-18(11-13-20)22(27)25-15-3-1-2-4-16-25/h5-6,8-13H,1-4,7,14-16H2,(H,24,26)(H,28,29). The van der Waals surface area contributed by atoms with Gasteiger partial charge in [-0.2, -0.15) is 0 Å². The molecule has 0 radical (unpaired) electrons. The minimum atomic E-state index is -0.966. The maximum absolute atomic E-state index is 12.6. The van der Waals surface area contributed by atoms with Crippen molar-refractivity contribution in [3.63, 3.8) is 0 Å². The van der Waals surface area contributed by atoms with Crippen LogP contribution in [-0.4, -0.2) is 40.9 Å². The van der Waals surface area contributed by atoms with Crippen LogP contribution >= 0.6 is 0 Å². The van der Waals surface area contributed by atoms with Crippen LogP contribution in [0.4, 0.5) is 5.69 Å². The Bertz CT molecular complexity index is 851. The minimum Gasteiger partial charge on any atom is -0.478 e. The van der Waals surface area contributed by atoms with Gasteiger partial charge >= 0.3 is 5.97 Å². The smallest absolute Gasteiger partial charge is 0.335 e. The van der Waals surface area contributed by atoms with Crippen molar-refractivity contribution in [2.75, 3.05) is 18.4 Å². The largest absolute Gasteiger partial charge is 0.478 e. The van der Waals surface area contributed by atoms with Gasteiger partial charge in [0.25, 0.3) is 5.91 Å². The third-order valence-electron chi connectivity index (χ3n) is 5.15. The number of nitrogens with zero attached hydrogens (tertiary/aromatic N) is 1. The van der Waals surface area contributed by atoms with Crippen molar-refractivity contribution in [1.82, 2.24) is 4.90 Å². The first kappa shape index (κ1) is 20.6. The van der Waals surface area contributed by atoms with Gasteiger partial charge in [0.2, 0.25) is 5.91 Å². The number of aryl methyl sites for hydroxylation is 1. The SMILES string of the molecule is O=C(CCc1ccc(C(=O)O)cc1)Nc1ccc(C(=O)N2CCCCCC2)cc1. The Hall–Kier alpha value is -3.15. The molecule has 1 saturated heterocycles. The van der Waals surface area contributed by atoms with Crippen LogP contribution in [0.3, 0.4) is 0 Å². The number of benzene rings is 2. The molecular formula is C23H26N2O4. The second kappa shape index (κ2) is 9.87. The van der Waals surface area contributed by atoms with Crippen molar-refractivity contribution in [3.8, 4) is 0 Å². The molecule has 2 aromatic rings. The van der Waals surface area contributed by atoms with Gasteiger partial charge in [0.05, 0.1) is 5.56 Å². The highest BCUT2D eigenvalue weighted by atomic mass is 16.4. The quantitative estimate of drug-likeness (QED) is 0.776. The van der Waals surface area contributed by atoms with E-state index in [1.54, 1.807) is 36.4 Å². The lowest BCUT2D eigenvalue weighted by molar-refractivity contribution is -0.116. The lowest BCUT2D eigenvalue weighted by Gasteiger charge is -2.20. The van der Waals surface area contributed by atoms with Gasteiger partial charge in [-0.25, -0.2) is 4.79 Å². The van der Waals surface area contributed by atoms with E-state index < -0.39 is 5.97 Å². The van der Waals surface area contributed by atoms with E-state index in [1.165, 1.54) is 25.0 Å². The molecule has 1 heterocycles. The molecule has 2 aromatic carbocycles. The lowest BCUT2D eigenvalue weighted by Crippen LogP contribution is -2.31. The summed E-state index contributed by atoms with van der Waals surface area (Å²) in [6.07, 6.45) is 5.28. The summed E-state index contributed by atoms with van der Waals surface area (Å²) in [6, 6.07) is 13.5. The molecule has 0 bridgehead atoms. The van der Waals surface area contributed by atoms with Gasteiger partial charge in [-0.3, -0.25) is 9.59 Å². The first-order chi connectivity index (χ1) is 14.0. The van der Waals surface area contributed by atoms with Gasteiger partial charge < -0.3 is 15.3 Å². The summed E-state index contributed by atoms with van der Waals surface area (Å²) in [5.74, 6) is -1.04. The van der Waals surface area contributed by atoms with Crippen molar-refractivity contribution in [2.45, 2.75) is 38.5 Å². The van der Waals surface area contributed by atoms with Gasteiger partial charge in [-0.15, -0.1) is 0 Å². The molecule has 0 unspecified atom stereocenters. The summed E-state index contributed by atoms with van der Waals surface area (Å²) in [4.78, 5) is 37.6. The molecule has 2 N–H and O–H groups in total. The van der Waals surface area contributed by atoms with Gasteiger partial charge in [-0.05, 0) is 61.2 Å². The second-order valence-corrected chi connectivity index (χ2v) is 7.33. The number of anilines is 1. The Morgan fingerprint density at radius 1 is 0.828 bits per heavy atom. The topological polar surface area (TPSA) is 86.7 Å². The predicted octanol–water partition coefficient (Wildman–Crippen LogP) is 3.97. The summed E-state index contributed by atoms with van der Waals surface area (Å²) >= 11 is 0. The van der Waals surface area contributed by atoms with Crippen molar-refractivity contribution >= 4 is 23.5 Å². The molecule has 1 fully saturated rings. The van der Waals surface area contributed by atoms with Crippen molar-refractivity contribution in [1.29, 1.82) is 0 Å². The van der Waals surface area contributed by atoms with E-state index in [0.29, 0.717) is 24.1 Å². The average Bonchev–Trinajstić information content (AvgIpc) is 3.02. The normalized spacial score (nSPS) is 14.1. The Balaban J connectivity index is 1.50. The molecule has 29 heavy (non-hydrogen) atoms. The maximum Gasteiger partial charge on any atom is 0.335 e. The Morgan fingerprint density at radius 3 is 2.00 bits per heavy atom. The van der Waals surface area contributed by atoms with Crippen LogP contribution in [0.1, 0.15) is 58.4 Å². The van der Waals surface area contributed by atoms with Crippen molar-refractivity contribution in [2.24, 2.45) is 0 Å². The Kier molecular flexibility index (Phi) is 7.00. The fraction of sp³-hybridized carbons (Fsp3) is 0.348. The number of nitrogens with one attached hydrogen (secondary N) is 1. The molecule has 2 amide bonds. The molecule has 0 aliphatic carbocycles. The van der Waals surface area contributed by atoms with Crippen molar-refractivity contribution in [3.05, 3.63) is 65.2 Å². The first-order valence-electron chi connectivity index (χ1n) is 10.0. The van der Waals surface area contributed by atoms with E-state index in [4.69, 9.17) is 5.11 Å². The fourth-order valence-electron chi connectivity index (χ4n) is 3.45. The Morgan fingerprint density at radius 2 is 1.41 bits per heavy atom. The van der Waals surface area contributed by atoms with Crippen LogP contribution in [0.5, 0.6) is 0 Å². The zero-order chi connectivity index (χ0) is 20.6. The second-order valence-electron chi connectivity index (χ2n) is 7.33. The summed E-state index contributed by atoms with van der Waals surface area (Å²) in [5.41, 5.74) is 2.43. The number of likely N-dealkylation sites (tertiary alicyclic amines) is 1. The molecule has 1 aliphatic rings. The summed E-state index contributed by atoms with van der Waals surface area (Å²) in [5, 5.41) is 11.7. The van der Waals surface area contributed by atoms with Crippen LogP contribution in [0.2, 0.25) is 0 Å². The van der Waals surface area contributed by atoms with Crippen molar-refractivity contribution < 1.29 is 19.5 Å². The van der Waals surface area contributed by atoms with Crippen LogP contribution < -0.4 is 5.32 Å². The average molecular weight is 394 g/mol. The van der Waals surface area contributed by atoms with Gasteiger partial charge in [-0.1, -0.05) is 25.0 Å². The van der Waals surface area contributed by atoms with Crippen LogP contribution in [0.25, 0.3) is 0 Å². The van der Waals surface area contributed by atoms with Gasteiger partial charge in [0.15, 0.2) is 0 Å². The molecule has 3 rings (SSSR count). The zero-order valence-electron chi connectivity index (χ0n) is 16.4. The predicted molar refractivity (Wildman–Crippen MR) is 111 cm³/mol. The molecule has 0 atom stereocenters.